The molecule has 0 fully saturated rings. The summed E-state index contributed by atoms with van der Waals surface area (Å²) in [5, 5.41) is 0.964. The van der Waals surface area contributed by atoms with Gasteiger partial charge in [-0.05, 0) is 29.3 Å². The quantitative estimate of drug-likeness (QED) is 0.428. The Labute approximate surface area is 193 Å². The molecule has 7 nitrogen and oxygen atoms in total. The Morgan fingerprint density at radius 3 is 2.50 bits per heavy atom. The molecule has 0 bridgehead atoms. The Morgan fingerprint density at radius 1 is 1.03 bits per heavy atom. The molecule has 0 amide bonds. The predicted molar refractivity (Wildman–Crippen MR) is 127 cm³/mol. The molecule has 0 aliphatic carbocycles. The summed E-state index contributed by atoms with van der Waals surface area (Å²) in [6.07, 6.45) is 3.78. The minimum Gasteiger partial charge on any atom is -0.460 e. The molecule has 32 heavy (non-hydrogen) atoms. The standard InChI is InChI=1S/C23H20Cl2N4O3/c1-27-20-19(21(30)28(2)23(27)31)29(14-16-10-11-17(24)13-18(16)25)22(26-20)32-12-6-9-15-7-4-3-5-8-15/h3-11,13H,12,14H2,1-2H3. The van der Waals surface area contributed by atoms with Gasteiger partial charge in [-0.1, -0.05) is 65.7 Å². The number of hydrogen-bond acceptors (Lipinski definition) is 4. The van der Waals surface area contributed by atoms with Gasteiger partial charge in [-0.3, -0.25) is 18.5 Å². The predicted octanol–water partition coefficient (Wildman–Crippen LogP) is 3.88. The molecule has 0 radical (unpaired) electrons. The van der Waals surface area contributed by atoms with Crippen LogP contribution in [0.15, 0.2) is 64.2 Å². The van der Waals surface area contributed by atoms with Gasteiger partial charge >= 0.3 is 5.69 Å². The molecule has 0 aliphatic heterocycles. The summed E-state index contributed by atoms with van der Waals surface area (Å²) in [4.78, 5) is 29.8. The van der Waals surface area contributed by atoms with Gasteiger partial charge < -0.3 is 4.74 Å². The van der Waals surface area contributed by atoms with Crippen molar-refractivity contribution < 1.29 is 4.74 Å². The Bertz CT molecular complexity index is 1440. The first kappa shape index (κ1) is 21.9. The zero-order chi connectivity index (χ0) is 22.8. The number of aryl methyl sites for hydroxylation is 1. The van der Waals surface area contributed by atoms with E-state index in [1.165, 1.54) is 11.6 Å². The van der Waals surface area contributed by atoms with Crippen molar-refractivity contribution in [2.45, 2.75) is 6.54 Å². The Morgan fingerprint density at radius 2 is 1.78 bits per heavy atom. The molecule has 0 spiro atoms. The van der Waals surface area contributed by atoms with Crippen LogP contribution in [-0.2, 0) is 20.6 Å². The molecule has 4 aromatic rings. The normalized spacial score (nSPS) is 11.5. The average Bonchev–Trinajstić information content (AvgIpc) is 3.14. The number of ether oxygens (including phenoxy) is 1. The van der Waals surface area contributed by atoms with Crippen molar-refractivity contribution in [3.05, 3.63) is 96.6 Å². The fourth-order valence-corrected chi connectivity index (χ4v) is 3.84. The highest BCUT2D eigenvalue weighted by Gasteiger charge is 2.21. The van der Waals surface area contributed by atoms with Crippen LogP contribution in [0.1, 0.15) is 11.1 Å². The first-order chi connectivity index (χ1) is 15.4. The fourth-order valence-electron chi connectivity index (χ4n) is 3.37. The average molecular weight is 471 g/mol. The Balaban J connectivity index is 1.76. The van der Waals surface area contributed by atoms with E-state index in [4.69, 9.17) is 27.9 Å². The third kappa shape index (κ3) is 4.22. The van der Waals surface area contributed by atoms with Gasteiger partial charge in [-0.15, -0.1) is 0 Å². The lowest BCUT2D eigenvalue weighted by atomic mass is 10.2. The van der Waals surface area contributed by atoms with Gasteiger partial charge in [0.25, 0.3) is 11.6 Å². The fraction of sp³-hybridized carbons (Fsp3) is 0.174. The van der Waals surface area contributed by atoms with Crippen molar-refractivity contribution in [2.24, 2.45) is 14.1 Å². The van der Waals surface area contributed by atoms with Crippen LogP contribution < -0.4 is 16.0 Å². The summed E-state index contributed by atoms with van der Waals surface area (Å²) in [6.45, 7) is 0.443. The van der Waals surface area contributed by atoms with Crippen molar-refractivity contribution in [3.63, 3.8) is 0 Å². The summed E-state index contributed by atoms with van der Waals surface area (Å²) in [5.74, 6) is 0. The van der Waals surface area contributed by atoms with Gasteiger partial charge in [0.1, 0.15) is 6.61 Å². The van der Waals surface area contributed by atoms with Crippen LogP contribution >= 0.6 is 23.2 Å². The zero-order valence-electron chi connectivity index (χ0n) is 17.5. The molecule has 0 atom stereocenters. The zero-order valence-corrected chi connectivity index (χ0v) is 19.0. The number of aromatic nitrogens is 4. The molecule has 164 valence electrons. The first-order valence-electron chi connectivity index (χ1n) is 9.81. The highest BCUT2D eigenvalue weighted by molar-refractivity contribution is 6.35. The van der Waals surface area contributed by atoms with Crippen LogP contribution in [0.5, 0.6) is 6.01 Å². The number of rotatable bonds is 6. The van der Waals surface area contributed by atoms with Crippen molar-refractivity contribution in [1.82, 2.24) is 18.7 Å². The Kier molecular flexibility index (Phi) is 6.21. The number of nitrogens with zero attached hydrogens (tertiary/aromatic N) is 4. The van der Waals surface area contributed by atoms with Crippen LogP contribution in [0, 0.1) is 0 Å². The minimum atomic E-state index is -0.466. The number of benzene rings is 2. The summed E-state index contributed by atoms with van der Waals surface area (Å²) in [7, 11) is 3.00. The number of imidazole rings is 1. The van der Waals surface area contributed by atoms with Crippen LogP contribution in [0.2, 0.25) is 10.0 Å². The van der Waals surface area contributed by atoms with Gasteiger partial charge in [0.2, 0.25) is 0 Å². The summed E-state index contributed by atoms with van der Waals surface area (Å²) >= 11 is 12.4. The topological polar surface area (TPSA) is 71.1 Å². The first-order valence-corrected chi connectivity index (χ1v) is 10.6. The molecule has 9 heteroatoms. The third-order valence-corrected chi connectivity index (χ3v) is 5.66. The lowest BCUT2D eigenvalue weighted by Gasteiger charge is -2.11. The second-order valence-electron chi connectivity index (χ2n) is 7.22. The van der Waals surface area contributed by atoms with E-state index >= 15 is 0 Å². The van der Waals surface area contributed by atoms with Gasteiger partial charge in [-0.25, -0.2) is 4.79 Å². The third-order valence-electron chi connectivity index (χ3n) is 5.08. The highest BCUT2D eigenvalue weighted by Crippen LogP contribution is 2.25. The maximum absolute atomic E-state index is 12.9. The van der Waals surface area contributed by atoms with Crippen LogP contribution in [-0.4, -0.2) is 25.3 Å². The maximum Gasteiger partial charge on any atom is 0.332 e. The molecular weight excluding hydrogens is 451 g/mol. The minimum absolute atomic E-state index is 0.210. The lowest BCUT2D eigenvalue weighted by Crippen LogP contribution is -2.37. The van der Waals surface area contributed by atoms with E-state index in [1.807, 2.05) is 42.5 Å². The van der Waals surface area contributed by atoms with E-state index in [9.17, 15) is 9.59 Å². The number of hydrogen-bond donors (Lipinski definition) is 0. The molecule has 0 unspecified atom stereocenters. The van der Waals surface area contributed by atoms with Gasteiger partial charge in [0.05, 0.1) is 6.54 Å². The highest BCUT2D eigenvalue weighted by atomic mass is 35.5. The largest absolute Gasteiger partial charge is 0.460 e. The maximum atomic E-state index is 12.9. The van der Waals surface area contributed by atoms with E-state index in [2.05, 4.69) is 4.98 Å². The van der Waals surface area contributed by atoms with Crippen LogP contribution in [0.3, 0.4) is 0 Å². The molecule has 0 saturated carbocycles. The van der Waals surface area contributed by atoms with Crippen molar-refractivity contribution in [3.8, 4) is 6.01 Å². The number of halogens is 2. The molecule has 2 aromatic carbocycles. The summed E-state index contributed by atoms with van der Waals surface area (Å²) < 4.78 is 9.90. The van der Waals surface area contributed by atoms with E-state index < -0.39 is 11.2 Å². The molecule has 2 aromatic heterocycles. The molecule has 0 aliphatic rings. The van der Waals surface area contributed by atoms with E-state index in [0.717, 1.165) is 15.7 Å². The summed E-state index contributed by atoms with van der Waals surface area (Å²) in [6, 6.07) is 15.2. The molecule has 2 heterocycles. The monoisotopic (exact) mass is 470 g/mol. The SMILES string of the molecule is Cn1c(=O)c2c(nc(OCC=Cc3ccccc3)n2Cc2ccc(Cl)cc2Cl)n(C)c1=O. The summed E-state index contributed by atoms with van der Waals surface area (Å²) in [5.41, 5.74) is 1.33. The molecular formula is C23H20Cl2N4O3. The molecule has 4 rings (SSSR count). The van der Waals surface area contributed by atoms with Crippen molar-refractivity contribution in [2.75, 3.05) is 6.61 Å². The number of fused-ring (bicyclic) bond motifs is 1. The second-order valence-corrected chi connectivity index (χ2v) is 8.06. The van der Waals surface area contributed by atoms with Crippen LogP contribution in [0.4, 0.5) is 0 Å². The van der Waals surface area contributed by atoms with E-state index in [-0.39, 0.29) is 30.3 Å². The van der Waals surface area contributed by atoms with E-state index in [0.29, 0.717) is 10.0 Å². The van der Waals surface area contributed by atoms with Gasteiger partial charge in [-0.2, -0.15) is 4.98 Å². The molecule has 0 saturated heterocycles. The lowest BCUT2D eigenvalue weighted by molar-refractivity contribution is 0.320. The van der Waals surface area contributed by atoms with Crippen molar-refractivity contribution in [1.29, 1.82) is 0 Å². The van der Waals surface area contributed by atoms with Gasteiger partial charge in [0, 0.05) is 24.1 Å². The Hall–Kier alpha value is -3.29. The molecule has 0 N–H and O–H groups in total. The van der Waals surface area contributed by atoms with Gasteiger partial charge in [0.15, 0.2) is 11.2 Å². The second kappa shape index (κ2) is 9.06. The van der Waals surface area contributed by atoms with Crippen LogP contribution in [0.25, 0.3) is 17.2 Å². The van der Waals surface area contributed by atoms with Crippen molar-refractivity contribution >= 4 is 40.4 Å². The smallest absolute Gasteiger partial charge is 0.332 e. The van der Waals surface area contributed by atoms with E-state index in [1.54, 1.807) is 29.8 Å².